The smallest absolute Gasteiger partial charge is 0.319 e. The molecule has 0 aliphatic heterocycles. The number of benzene rings is 1. The van der Waals surface area contributed by atoms with Gasteiger partial charge in [-0.25, -0.2) is 4.79 Å². The van der Waals surface area contributed by atoms with Gasteiger partial charge in [-0.2, -0.15) is 4.98 Å². The van der Waals surface area contributed by atoms with E-state index >= 15 is 0 Å². The summed E-state index contributed by atoms with van der Waals surface area (Å²) in [7, 11) is 0. The number of carbonyl (C=O) groups is 1. The maximum Gasteiger partial charge on any atom is 0.319 e. The first-order valence-corrected chi connectivity index (χ1v) is 7.50. The minimum Gasteiger partial charge on any atom is -0.491 e. The fraction of sp³-hybridized carbons (Fsp3) is 0.438. The summed E-state index contributed by atoms with van der Waals surface area (Å²) in [6.45, 7) is 9.35. The predicted molar refractivity (Wildman–Crippen MR) is 86.5 cm³/mol. The van der Waals surface area contributed by atoms with Crippen LogP contribution in [0.1, 0.15) is 44.1 Å². The third-order valence-electron chi connectivity index (χ3n) is 3.08. The van der Waals surface area contributed by atoms with E-state index in [0.29, 0.717) is 17.4 Å². The number of anilines is 1. The third-order valence-corrected chi connectivity index (χ3v) is 3.08. The third kappa shape index (κ3) is 4.70. The van der Waals surface area contributed by atoms with Crippen LogP contribution in [0.4, 0.5) is 10.5 Å². The summed E-state index contributed by atoms with van der Waals surface area (Å²) in [4.78, 5) is 16.2. The zero-order chi connectivity index (χ0) is 17.0. The maximum atomic E-state index is 12.1. The molecule has 0 fully saturated rings. The molecule has 0 saturated carbocycles. The molecule has 2 rings (SSSR count). The van der Waals surface area contributed by atoms with E-state index in [1.54, 1.807) is 13.8 Å². The number of aromatic nitrogens is 2. The Labute approximate surface area is 135 Å². The standard InChI is InChI=1S/C16H22N4O3/c1-9(2)22-13-6-7-14(10(3)8-13)19-16(21)17-11(4)15-18-12(5)20-23-15/h6-9,11H,1-5H3,(H2,17,19,21)/t11-/m0/s1. The molecular weight excluding hydrogens is 296 g/mol. The van der Waals surface area contributed by atoms with Crippen molar-refractivity contribution in [2.24, 2.45) is 0 Å². The average molecular weight is 318 g/mol. The Morgan fingerprint density at radius 1 is 1.26 bits per heavy atom. The van der Waals surface area contributed by atoms with Crippen LogP contribution in [-0.4, -0.2) is 22.3 Å². The summed E-state index contributed by atoms with van der Waals surface area (Å²) in [5, 5.41) is 9.26. The molecule has 0 aliphatic rings. The number of rotatable bonds is 5. The van der Waals surface area contributed by atoms with E-state index in [1.807, 2.05) is 39.0 Å². The molecule has 1 atom stereocenters. The van der Waals surface area contributed by atoms with Crippen molar-refractivity contribution in [1.82, 2.24) is 15.5 Å². The molecule has 23 heavy (non-hydrogen) atoms. The van der Waals surface area contributed by atoms with E-state index in [1.165, 1.54) is 0 Å². The minimum absolute atomic E-state index is 0.107. The summed E-state index contributed by atoms with van der Waals surface area (Å²) >= 11 is 0. The Hall–Kier alpha value is -2.57. The van der Waals surface area contributed by atoms with Crippen molar-refractivity contribution >= 4 is 11.7 Å². The Kier molecular flexibility index (Phi) is 5.20. The lowest BCUT2D eigenvalue weighted by Crippen LogP contribution is -2.31. The summed E-state index contributed by atoms with van der Waals surface area (Å²) in [5.41, 5.74) is 1.63. The van der Waals surface area contributed by atoms with Gasteiger partial charge in [-0.1, -0.05) is 5.16 Å². The van der Waals surface area contributed by atoms with E-state index in [2.05, 4.69) is 20.8 Å². The van der Waals surface area contributed by atoms with E-state index in [-0.39, 0.29) is 18.2 Å². The molecule has 124 valence electrons. The summed E-state index contributed by atoms with van der Waals surface area (Å²) in [6, 6.07) is 4.82. The number of amides is 2. The molecule has 0 radical (unpaired) electrons. The fourth-order valence-corrected chi connectivity index (χ4v) is 2.03. The molecule has 7 nitrogen and oxygen atoms in total. The van der Waals surface area contributed by atoms with Crippen molar-refractivity contribution in [2.45, 2.75) is 46.8 Å². The van der Waals surface area contributed by atoms with Gasteiger partial charge >= 0.3 is 6.03 Å². The zero-order valence-corrected chi connectivity index (χ0v) is 14.0. The van der Waals surface area contributed by atoms with Crippen molar-refractivity contribution in [3.8, 4) is 5.75 Å². The van der Waals surface area contributed by atoms with Gasteiger partial charge in [-0.15, -0.1) is 0 Å². The Morgan fingerprint density at radius 2 is 2.00 bits per heavy atom. The van der Waals surface area contributed by atoms with Crippen LogP contribution < -0.4 is 15.4 Å². The number of nitrogens with zero attached hydrogens (tertiary/aromatic N) is 2. The number of urea groups is 1. The largest absolute Gasteiger partial charge is 0.491 e. The van der Waals surface area contributed by atoms with Gasteiger partial charge in [0, 0.05) is 5.69 Å². The number of ether oxygens (including phenoxy) is 1. The zero-order valence-electron chi connectivity index (χ0n) is 14.0. The van der Waals surface area contributed by atoms with Gasteiger partial charge in [-0.05, 0) is 58.4 Å². The molecule has 1 aromatic heterocycles. The molecule has 0 aliphatic carbocycles. The molecule has 2 N–H and O–H groups in total. The molecule has 7 heteroatoms. The highest BCUT2D eigenvalue weighted by Gasteiger charge is 2.16. The van der Waals surface area contributed by atoms with Crippen LogP contribution in [0.25, 0.3) is 0 Å². The number of hydrogen-bond donors (Lipinski definition) is 2. The highest BCUT2D eigenvalue weighted by Crippen LogP contribution is 2.22. The topological polar surface area (TPSA) is 89.3 Å². The van der Waals surface area contributed by atoms with Gasteiger partial charge < -0.3 is 19.9 Å². The first-order valence-electron chi connectivity index (χ1n) is 7.50. The first-order chi connectivity index (χ1) is 10.8. The molecule has 0 spiro atoms. The lowest BCUT2D eigenvalue weighted by atomic mass is 10.2. The van der Waals surface area contributed by atoms with Crippen LogP contribution in [0.2, 0.25) is 0 Å². The lowest BCUT2D eigenvalue weighted by molar-refractivity contribution is 0.242. The Bertz CT molecular complexity index is 682. The molecule has 2 aromatic rings. The summed E-state index contributed by atoms with van der Waals surface area (Å²) in [6.07, 6.45) is 0.107. The lowest BCUT2D eigenvalue weighted by Gasteiger charge is -2.15. The van der Waals surface area contributed by atoms with E-state index in [4.69, 9.17) is 9.26 Å². The maximum absolute atomic E-state index is 12.1. The predicted octanol–water partition coefficient (Wildman–Crippen LogP) is 3.36. The van der Waals surface area contributed by atoms with Gasteiger partial charge in [0.2, 0.25) is 5.89 Å². The van der Waals surface area contributed by atoms with E-state index < -0.39 is 0 Å². The normalized spacial score (nSPS) is 12.1. The highest BCUT2D eigenvalue weighted by molar-refractivity contribution is 5.90. The second-order valence-corrected chi connectivity index (χ2v) is 5.64. The summed E-state index contributed by atoms with van der Waals surface area (Å²) < 4.78 is 10.7. The van der Waals surface area contributed by atoms with E-state index in [0.717, 1.165) is 11.3 Å². The number of nitrogens with one attached hydrogen (secondary N) is 2. The highest BCUT2D eigenvalue weighted by atomic mass is 16.5. The van der Waals surface area contributed by atoms with Gasteiger partial charge in [-0.3, -0.25) is 0 Å². The molecule has 1 aromatic carbocycles. The van der Waals surface area contributed by atoms with Crippen LogP contribution in [-0.2, 0) is 0 Å². The van der Waals surface area contributed by atoms with Crippen molar-refractivity contribution in [2.75, 3.05) is 5.32 Å². The molecule has 0 saturated heterocycles. The summed E-state index contributed by atoms with van der Waals surface area (Å²) in [5.74, 6) is 1.68. The fourth-order valence-electron chi connectivity index (χ4n) is 2.03. The van der Waals surface area contributed by atoms with Gasteiger partial charge in [0.05, 0.1) is 6.10 Å². The van der Waals surface area contributed by atoms with Crippen molar-refractivity contribution in [3.63, 3.8) is 0 Å². The van der Waals surface area contributed by atoms with Gasteiger partial charge in [0.1, 0.15) is 11.8 Å². The molecule has 1 heterocycles. The quantitative estimate of drug-likeness (QED) is 0.882. The van der Waals surface area contributed by atoms with Crippen LogP contribution in [0.3, 0.4) is 0 Å². The van der Waals surface area contributed by atoms with Crippen LogP contribution >= 0.6 is 0 Å². The number of carbonyl (C=O) groups excluding carboxylic acids is 1. The monoisotopic (exact) mass is 318 g/mol. The van der Waals surface area contributed by atoms with E-state index in [9.17, 15) is 4.79 Å². The average Bonchev–Trinajstić information content (AvgIpc) is 2.88. The van der Waals surface area contributed by atoms with Crippen molar-refractivity contribution in [1.29, 1.82) is 0 Å². The van der Waals surface area contributed by atoms with Crippen LogP contribution in [0, 0.1) is 13.8 Å². The molecule has 0 bridgehead atoms. The SMILES string of the molecule is Cc1noc([C@H](C)NC(=O)Nc2ccc(OC(C)C)cc2C)n1. The van der Waals surface area contributed by atoms with Crippen LogP contribution in [0.5, 0.6) is 5.75 Å². The Balaban J connectivity index is 1.97. The van der Waals surface area contributed by atoms with Crippen molar-refractivity contribution < 1.29 is 14.1 Å². The second kappa shape index (κ2) is 7.13. The number of aryl methyl sites for hydroxylation is 2. The van der Waals surface area contributed by atoms with Crippen molar-refractivity contribution in [3.05, 3.63) is 35.5 Å². The molecule has 2 amide bonds. The molecular formula is C16H22N4O3. The number of hydrogen-bond acceptors (Lipinski definition) is 5. The van der Waals surface area contributed by atoms with Crippen LogP contribution in [0.15, 0.2) is 22.7 Å². The van der Waals surface area contributed by atoms with Gasteiger partial charge in [0.15, 0.2) is 5.82 Å². The first kappa shape index (κ1) is 16.8. The van der Waals surface area contributed by atoms with Gasteiger partial charge in [0.25, 0.3) is 0 Å². The molecule has 0 unspecified atom stereocenters. The minimum atomic E-state index is -0.375. The Morgan fingerprint density at radius 3 is 2.57 bits per heavy atom. The second-order valence-electron chi connectivity index (χ2n) is 5.64.